The molecule has 0 spiro atoms. The average molecular weight is 469 g/mol. The van der Waals surface area contributed by atoms with Crippen molar-refractivity contribution in [3.8, 4) is 11.5 Å². The second kappa shape index (κ2) is 9.98. The first kappa shape index (κ1) is 23.3. The molecule has 0 aliphatic carbocycles. The van der Waals surface area contributed by atoms with Crippen molar-refractivity contribution >= 4 is 23.2 Å². The number of ether oxygens (including phenoxy) is 2. The molecule has 2 aliphatic rings. The standard InChI is InChI=1S/C24H28N4O6/c1-33-21-8-6-18(16-22(21)34-2)24(30)27-13-11-26(12-14-27)23(29)17-5-7-19(20(15-17)28(31)32)25-9-3-4-10-25/h5-8,15-16H,3-4,9-14H2,1-2H3. The van der Waals surface area contributed by atoms with Crippen molar-refractivity contribution in [3.05, 3.63) is 57.6 Å². The van der Waals surface area contributed by atoms with Crippen LogP contribution in [-0.4, -0.2) is 80.0 Å². The first-order chi connectivity index (χ1) is 16.4. The number of carbonyl (C=O) groups is 2. The van der Waals surface area contributed by atoms with E-state index in [1.54, 1.807) is 40.1 Å². The molecule has 0 unspecified atom stereocenters. The summed E-state index contributed by atoms with van der Waals surface area (Å²) >= 11 is 0. The Morgan fingerprint density at radius 2 is 1.32 bits per heavy atom. The molecule has 0 bridgehead atoms. The smallest absolute Gasteiger partial charge is 0.293 e. The molecule has 0 N–H and O–H groups in total. The maximum absolute atomic E-state index is 13.1. The van der Waals surface area contributed by atoms with Crippen molar-refractivity contribution in [3.63, 3.8) is 0 Å². The van der Waals surface area contributed by atoms with E-state index in [9.17, 15) is 19.7 Å². The number of anilines is 1. The molecule has 0 atom stereocenters. The predicted octanol–water partition coefficient (Wildman–Crippen LogP) is 2.81. The van der Waals surface area contributed by atoms with Gasteiger partial charge < -0.3 is 24.2 Å². The number of nitro groups is 1. The topological polar surface area (TPSA) is 105 Å². The Morgan fingerprint density at radius 3 is 1.85 bits per heavy atom. The van der Waals surface area contributed by atoms with Gasteiger partial charge in [-0.25, -0.2) is 0 Å². The van der Waals surface area contributed by atoms with Gasteiger partial charge in [-0.2, -0.15) is 0 Å². The van der Waals surface area contributed by atoms with Crippen LogP contribution in [-0.2, 0) is 0 Å². The minimum absolute atomic E-state index is 0.0463. The van der Waals surface area contributed by atoms with Crippen LogP contribution in [0.5, 0.6) is 11.5 Å². The van der Waals surface area contributed by atoms with Gasteiger partial charge >= 0.3 is 0 Å². The summed E-state index contributed by atoms with van der Waals surface area (Å²) < 4.78 is 10.5. The van der Waals surface area contributed by atoms with E-state index in [-0.39, 0.29) is 23.1 Å². The number of hydrogen-bond acceptors (Lipinski definition) is 7. The van der Waals surface area contributed by atoms with E-state index in [4.69, 9.17) is 9.47 Å². The van der Waals surface area contributed by atoms with Crippen molar-refractivity contribution in [2.24, 2.45) is 0 Å². The van der Waals surface area contributed by atoms with Gasteiger partial charge in [0.2, 0.25) is 0 Å². The predicted molar refractivity (Wildman–Crippen MR) is 126 cm³/mol. The van der Waals surface area contributed by atoms with Gasteiger partial charge in [0.25, 0.3) is 17.5 Å². The minimum atomic E-state index is -0.426. The Bertz CT molecular complexity index is 1090. The number of methoxy groups -OCH3 is 2. The van der Waals surface area contributed by atoms with Gasteiger partial charge in [-0.05, 0) is 43.2 Å². The second-order valence-electron chi connectivity index (χ2n) is 8.31. The molecule has 0 radical (unpaired) electrons. The maximum Gasteiger partial charge on any atom is 0.293 e. The monoisotopic (exact) mass is 468 g/mol. The molecule has 2 aromatic rings. The molecule has 0 saturated carbocycles. The third kappa shape index (κ3) is 4.61. The molecule has 4 rings (SSSR count). The highest BCUT2D eigenvalue weighted by Gasteiger charge is 2.29. The first-order valence-corrected chi connectivity index (χ1v) is 11.3. The van der Waals surface area contributed by atoms with Gasteiger partial charge in [-0.1, -0.05) is 0 Å². The lowest BCUT2D eigenvalue weighted by Gasteiger charge is -2.35. The number of piperazine rings is 1. The zero-order chi connectivity index (χ0) is 24.2. The summed E-state index contributed by atoms with van der Waals surface area (Å²) in [6.45, 7) is 2.99. The fourth-order valence-corrected chi connectivity index (χ4v) is 4.48. The lowest BCUT2D eigenvalue weighted by molar-refractivity contribution is -0.384. The van der Waals surface area contributed by atoms with Crippen molar-refractivity contribution in [1.82, 2.24) is 9.80 Å². The van der Waals surface area contributed by atoms with Crippen LogP contribution < -0.4 is 14.4 Å². The Balaban J connectivity index is 1.43. The Morgan fingerprint density at radius 1 is 0.794 bits per heavy atom. The van der Waals surface area contributed by atoms with Crippen LogP contribution >= 0.6 is 0 Å². The molecule has 2 aromatic carbocycles. The molecule has 10 nitrogen and oxygen atoms in total. The molecule has 2 saturated heterocycles. The molecule has 34 heavy (non-hydrogen) atoms. The van der Waals surface area contributed by atoms with Crippen molar-refractivity contribution < 1.29 is 24.0 Å². The summed E-state index contributed by atoms with van der Waals surface area (Å²) in [6.07, 6.45) is 2.01. The van der Waals surface area contributed by atoms with Crippen LogP contribution in [0.3, 0.4) is 0 Å². The summed E-state index contributed by atoms with van der Waals surface area (Å²) in [4.78, 5) is 42.5. The number of carbonyl (C=O) groups excluding carboxylic acids is 2. The quantitative estimate of drug-likeness (QED) is 0.474. The fourth-order valence-electron chi connectivity index (χ4n) is 4.48. The van der Waals surface area contributed by atoms with Crippen LogP contribution in [0.4, 0.5) is 11.4 Å². The molecule has 2 amide bonds. The average Bonchev–Trinajstić information content (AvgIpc) is 3.42. The Hall–Kier alpha value is -3.82. The second-order valence-corrected chi connectivity index (χ2v) is 8.31. The van der Waals surface area contributed by atoms with E-state index in [0.717, 1.165) is 25.9 Å². The molecule has 2 aliphatic heterocycles. The SMILES string of the molecule is COc1ccc(C(=O)N2CCN(C(=O)c3ccc(N4CCCC4)c([N+](=O)[O-])c3)CC2)cc1OC. The van der Waals surface area contributed by atoms with Gasteiger partial charge in [-0.3, -0.25) is 19.7 Å². The third-order valence-corrected chi connectivity index (χ3v) is 6.35. The van der Waals surface area contributed by atoms with E-state index < -0.39 is 4.92 Å². The van der Waals surface area contributed by atoms with Crippen molar-refractivity contribution in [1.29, 1.82) is 0 Å². The van der Waals surface area contributed by atoms with E-state index in [1.807, 2.05) is 4.90 Å². The Labute approximate surface area is 197 Å². The number of nitro benzene ring substituents is 1. The molecule has 10 heteroatoms. The summed E-state index contributed by atoms with van der Waals surface area (Å²) in [7, 11) is 3.04. The first-order valence-electron chi connectivity index (χ1n) is 11.3. The van der Waals surface area contributed by atoms with Crippen molar-refractivity contribution in [2.45, 2.75) is 12.8 Å². The molecule has 180 valence electrons. The highest BCUT2D eigenvalue weighted by atomic mass is 16.6. The van der Waals surface area contributed by atoms with Gasteiger partial charge in [0.15, 0.2) is 11.5 Å². The van der Waals surface area contributed by atoms with E-state index in [0.29, 0.717) is 48.9 Å². The summed E-state index contributed by atoms with van der Waals surface area (Å²) in [6, 6.07) is 9.71. The normalized spacial score (nSPS) is 15.9. The highest BCUT2D eigenvalue weighted by molar-refractivity contribution is 5.97. The summed E-state index contributed by atoms with van der Waals surface area (Å²) in [5, 5.41) is 11.7. The van der Waals surface area contributed by atoms with Gasteiger partial charge in [-0.15, -0.1) is 0 Å². The third-order valence-electron chi connectivity index (χ3n) is 6.35. The number of amides is 2. The fraction of sp³-hybridized carbons (Fsp3) is 0.417. The van der Waals surface area contributed by atoms with Crippen LogP contribution in [0.15, 0.2) is 36.4 Å². The zero-order valence-corrected chi connectivity index (χ0v) is 19.4. The van der Waals surface area contributed by atoms with Crippen LogP contribution in [0.2, 0.25) is 0 Å². The number of benzene rings is 2. The number of rotatable bonds is 6. The molecular weight excluding hydrogens is 440 g/mol. The Kier molecular flexibility index (Phi) is 6.85. The van der Waals surface area contributed by atoms with Gasteiger partial charge in [0, 0.05) is 56.5 Å². The highest BCUT2D eigenvalue weighted by Crippen LogP contribution is 2.32. The van der Waals surface area contributed by atoms with Crippen LogP contribution in [0.25, 0.3) is 0 Å². The van der Waals surface area contributed by atoms with Crippen LogP contribution in [0, 0.1) is 10.1 Å². The van der Waals surface area contributed by atoms with E-state index in [2.05, 4.69) is 0 Å². The summed E-state index contributed by atoms with van der Waals surface area (Å²) in [5.74, 6) is 0.591. The lowest BCUT2D eigenvalue weighted by Crippen LogP contribution is -2.50. The maximum atomic E-state index is 13.1. The molecular formula is C24H28N4O6. The lowest BCUT2D eigenvalue weighted by atomic mass is 10.1. The number of nitrogens with zero attached hydrogens (tertiary/aromatic N) is 4. The molecule has 2 fully saturated rings. The van der Waals surface area contributed by atoms with E-state index >= 15 is 0 Å². The van der Waals surface area contributed by atoms with Crippen molar-refractivity contribution in [2.75, 3.05) is 58.4 Å². The zero-order valence-electron chi connectivity index (χ0n) is 19.4. The van der Waals surface area contributed by atoms with Gasteiger partial charge in [0.1, 0.15) is 5.69 Å². The molecule has 2 heterocycles. The largest absolute Gasteiger partial charge is 0.493 e. The minimum Gasteiger partial charge on any atom is -0.493 e. The molecule has 0 aromatic heterocycles. The summed E-state index contributed by atoms with van der Waals surface area (Å²) in [5.41, 5.74) is 1.28. The van der Waals surface area contributed by atoms with E-state index in [1.165, 1.54) is 20.3 Å². The number of hydrogen-bond donors (Lipinski definition) is 0. The van der Waals surface area contributed by atoms with Crippen LogP contribution in [0.1, 0.15) is 33.6 Å². The van der Waals surface area contributed by atoms with Gasteiger partial charge in [0.05, 0.1) is 19.1 Å².